The summed E-state index contributed by atoms with van der Waals surface area (Å²) in [4.78, 5) is 0.188. The Labute approximate surface area is 163 Å². The molecule has 0 radical (unpaired) electrons. The Balaban J connectivity index is 1.31. The Hall–Kier alpha value is -0.950. The first-order chi connectivity index (χ1) is 13.0. The number of aryl methyl sites for hydroxylation is 1. The highest BCUT2D eigenvalue weighted by Crippen LogP contribution is 2.28. The second kappa shape index (κ2) is 10.0. The molecule has 27 heavy (non-hydrogen) atoms. The highest BCUT2D eigenvalue weighted by Gasteiger charge is 2.25. The number of hydrogen-bond acceptors (Lipinski definition) is 5. The van der Waals surface area contributed by atoms with Gasteiger partial charge in [0, 0.05) is 0 Å². The molecule has 0 spiro atoms. The summed E-state index contributed by atoms with van der Waals surface area (Å²) < 4.78 is 41.4. The standard InChI is InChI=1S/C21H32O5S/c1-17-7-13-21(14-8-17)27(22,23)25-16-15-24-18-9-11-20(12-10-18)26-19-5-3-2-4-6-19/h7-8,13-14,18-20H,2-6,9-12,15-16H2,1H3. The van der Waals surface area contributed by atoms with Crippen LogP contribution in [0.5, 0.6) is 0 Å². The lowest BCUT2D eigenvalue weighted by Gasteiger charge is -2.32. The lowest BCUT2D eigenvalue weighted by molar-refractivity contribution is -0.0734. The molecule has 2 aliphatic carbocycles. The molecular formula is C21H32O5S. The van der Waals surface area contributed by atoms with Crippen LogP contribution in [0.4, 0.5) is 0 Å². The van der Waals surface area contributed by atoms with E-state index in [1.807, 2.05) is 6.92 Å². The minimum absolute atomic E-state index is 0.0503. The van der Waals surface area contributed by atoms with Gasteiger partial charge in [-0.15, -0.1) is 0 Å². The molecule has 0 heterocycles. The Kier molecular flexibility index (Phi) is 7.70. The van der Waals surface area contributed by atoms with E-state index in [9.17, 15) is 8.42 Å². The zero-order valence-electron chi connectivity index (χ0n) is 16.3. The van der Waals surface area contributed by atoms with Crippen LogP contribution in [0.25, 0.3) is 0 Å². The van der Waals surface area contributed by atoms with Crippen molar-refractivity contribution >= 4 is 10.1 Å². The Morgan fingerprint density at radius 3 is 2.07 bits per heavy atom. The topological polar surface area (TPSA) is 61.8 Å². The molecule has 2 aliphatic rings. The molecule has 1 aromatic carbocycles. The van der Waals surface area contributed by atoms with Crippen LogP contribution in [0, 0.1) is 6.92 Å². The fourth-order valence-corrected chi connectivity index (χ4v) is 4.83. The van der Waals surface area contributed by atoms with Crippen molar-refractivity contribution in [3.63, 3.8) is 0 Å². The quantitative estimate of drug-likeness (QED) is 0.482. The number of benzene rings is 1. The first-order valence-electron chi connectivity index (χ1n) is 10.3. The number of ether oxygens (including phenoxy) is 2. The van der Waals surface area contributed by atoms with E-state index in [-0.39, 0.29) is 17.6 Å². The fraction of sp³-hybridized carbons (Fsp3) is 0.714. The van der Waals surface area contributed by atoms with Crippen LogP contribution >= 0.6 is 0 Å². The van der Waals surface area contributed by atoms with Gasteiger partial charge in [-0.2, -0.15) is 8.42 Å². The van der Waals surface area contributed by atoms with Gasteiger partial charge < -0.3 is 9.47 Å². The van der Waals surface area contributed by atoms with Gasteiger partial charge in [0.1, 0.15) is 0 Å². The van der Waals surface area contributed by atoms with Gasteiger partial charge in [0.15, 0.2) is 0 Å². The molecule has 5 nitrogen and oxygen atoms in total. The zero-order chi connectivity index (χ0) is 19.1. The second-order valence-electron chi connectivity index (χ2n) is 7.75. The predicted octanol–water partition coefficient (Wildman–Crippen LogP) is 4.38. The molecule has 6 heteroatoms. The second-order valence-corrected chi connectivity index (χ2v) is 9.37. The summed E-state index contributed by atoms with van der Waals surface area (Å²) in [5.41, 5.74) is 1.01. The molecule has 0 aliphatic heterocycles. The van der Waals surface area contributed by atoms with Gasteiger partial charge in [-0.25, -0.2) is 0 Å². The summed E-state index contributed by atoms with van der Waals surface area (Å²) in [6, 6.07) is 6.67. The monoisotopic (exact) mass is 396 g/mol. The lowest BCUT2D eigenvalue weighted by atomic mass is 9.93. The van der Waals surface area contributed by atoms with E-state index in [0.717, 1.165) is 31.2 Å². The van der Waals surface area contributed by atoms with Gasteiger partial charge in [-0.3, -0.25) is 4.18 Å². The van der Waals surface area contributed by atoms with E-state index in [2.05, 4.69) is 0 Å². The molecule has 152 valence electrons. The van der Waals surface area contributed by atoms with Gasteiger partial charge in [-0.05, 0) is 57.6 Å². The van der Waals surface area contributed by atoms with Crippen LogP contribution in [-0.2, 0) is 23.8 Å². The highest BCUT2D eigenvalue weighted by atomic mass is 32.2. The Bertz CT molecular complexity index is 656. The molecule has 0 bridgehead atoms. The lowest BCUT2D eigenvalue weighted by Crippen LogP contribution is -2.31. The van der Waals surface area contributed by atoms with Crippen LogP contribution in [0.2, 0.25) is 0 Å². The summed E-state index contributed by atoms with van der Waals surface area (Å²) >= 11 is 0. The summed E-state index contributed by atoms with van der Waals surface area (Å²) in [5, 5.41) is 0. The maximum atomic E-state index is 12.1. The first-order valence-corrected chi connectivity index (χ1v) is 11.7. The maximum Gasteiger partial charge on any atom is 0.297 e. The SMILES string of the molecule is Cc1ccc(S(=O)(=O)OCCOC2CCC(OC3CCCCC3)CC2)cc1. The smallest absolute Gasteiger partial charge is 0.297 e. The van der Waals surface area contributed by atoms with E-state index in [1.165, 1.54) is 32.1 Å². The molecular weight excluding hydrogens is 364 g/mol. The molecule has 0 N–H and O–H groups in total. The minimum Gasteiger partial charge on any atom is -0.376 e. The molecule has 1 aromatic rings. The minimum atomic E-state index is -3.71. The van der Waals surface area contributed by atoms with E-state index in [4.69, 9.17) is 13.7 Å². The number of hydrogen-bond donors (Lipinski definition) is 0. The predicted molar refractivity (Wildman–Crippen MR) is 104 cm³/mol. The van der Waals surface area contributed by atoms with Crippen LogP contribution < -0.4 is 0 Å². The van der Waals surface area contributed by atoms with E-state index >= 15 is 0 Å². The first kappa shape index (κ1) is 20.8. The number of rotatable bonds is 8. The molecule has 2 saturated carbocycles. The summed E-state index contributed by atoms with van der Waals surface area (Å²) in [6.07, 6.45) is 11.4. The third kappa shape index (κ3) is 6.56. The third-order valence-corrected chi connectivity index (χ3v) is 6.87. The molecule has 0 amide bonds. The van der Waals surface area contributed by atoms with Crippen LogP contribution in [0.1, 0.15) is 63.4 Å². The average molecular weight is 397 g/mol. The Morgan fingerprint density at radius 2 is 1.41 bits per heavy atom. The zero-order valence-corrected chi connectivity index (χ0v) is 17.1. The van der Waals surface area contributed by atoms with Crippen molar-refractivity contribution in [1.82, 2.24) is 0 Å². The van der Waals surface area contributed by atoms with Gasteiger partial charge >= 0.3 is 0 Å². The third-order valence-electron chi connectivity index (χ3n) is 5.54. The molecule has 3 rings (SSSR count). The molecule has 2 fully saturated rings. The van der Waals surface area contributed by atoms with Crippen LogP contribution in [-0.4, -0.2) is 39.9 Å². The van der Waals surface area contributed by atoms with Crippen LogP contribution in [0.15, 0.2) is 29.2 Å². The van der Waals surface area contributed by atoms with Crippen molar-refractivity contribution in [3.05, 3.63) is 29.8 Å². The maximum absolute atomic E-state index is 12.1. The average Bonchev–Trinajstić information content (AvgIpc) is 2.68. The molecule has 0 saturated heterocycles. The van der Waals surface area contributed by atoms with Crippen molar-refractivity contribution < 1.29 is 22.1 Å². The summed E-state index contributed by atoms with van der Waals surface area (Å²) in [7, 11) is -3.71. The van der Waals surface area contributed by atoms with E-state index < -0.39 is 10.1 Å². The molecule has 0 unspecified atom stereocenters. The van der Waals surface area contributed by atoms with Gasteiger partial charge in [0.2, 0.25) is 0 Å². The Morgan fingerprint density at radius 1 is 0.815 bits per heavy atom. The largest absolute Gasteiger partial charge is 0.376 e. The van der Waals surface area contributed by atoms with Crippen LogP contribution in [0.3, 0.4) is 0 Å². The highest BCUT2D eigenvalue weighted by molar-refractivity contribution is 7.86. The van der Waals surface area contributed by atoms with Crippen molar-refractivity contribution in [2.75, 3.05) is 13.2 Å². The van der Waals surface area contributed by atoms with Gasteiger partial charge in [0.25, 0.3) is 10.1 Å². The van der Waals surface area contributed by atoms with E-state index in [0.29, 0.717) is 18.8 Å². The summed E-state index contributed by atoms with van der Waals surface area (Å²) in [5.74, 6) is 0. The van der Waals surface area contributed by atoms with Crippen molar-refractivity contribution in [1.29, 1.82) is 0 Å². The van der Waals surface area contributed by atoms with Crippen molar-refractivity contribution in [2.24, 2.45) is 0 Å². The molecule has 0 atom stereocenters. The fourth-order valence-electron chi connectivity index (χ4n) is 3.94. The molecule has 0 aromatic heterocycles. The summed E-state index contributed by atoms with van der Waals surface area (Å²) in [6.45, 7) is 2.26. The van der Waals surface area contributed by atoms with Gasteiger partial charge in [-0.1, -0.05) is 37.0 Å². The van der Waals surface area contributed by atoms with Crippen molar-refractivity contribution in [2.45, 2.75) is 87.9 Å². The van der Waals surface area contributed by atoms with E-state index in [1.54, 1.807) is 24.3 Å². The van der Waals surface area contributed by atoms with Crippen molar-refractivity contribution in [3.8, 4) is 0 Å². The normalized spacial score (nSPS) is 24.8. The van der Waals surface area contributed by atoms with Gasteiger partial charge in [0.05, 0.1) is 36.4 Å².